The predicted molar refractivity (Wildman–Crippen MR) is 28.6 cm³/mol. The van der Waals surface area contributed by atoms with Gasteiger partial charge < -0.3 is 0 Å². The van der Waals surface area contributed by atoms with Crippen molar-refractivity contribution in [3.8, 4) is 12.3 Å². The van der Waals surface area contributed by atoms with E-state index in [0.29, 0.717) is 6.42 Å². The summed E-state index contributed by atoms with van der Waals surface area (Å²) in [4.78, 5) is 0. The molecule has 0 amide bonds. The minimum absolute atomic E-state index is 0.117. The van der Waals surface area contributed by atoms with Crippen LogP contribution in [0.25, 0.3) is 0 Å². The van der Waals surface area contributed by atoms with Crippen molar-refractivity contribution in [1.29, 1.82) is 0 Å². The molecule has 0 aromatic heterocycles. The van der Waals surface area contributed by atoms with Crippen molar-refractivity contribution in [2.45, 2.75) is 6.42 Å². The Morgan fingerprint density at radius 2 is 2.14 bits per heavy atom. The van der Waals surface area contributed by atoms with Gasteiger partial charge in [-0.2, -0.15) is 0 Å². The normalized spacial score (nSPS) is 8.57. The lowest BCUT2D eigenvalue weighted by atomic mass is 10.5. The van der Waals surface area contributed by atoms with Crippen molar-refractivity contribution >= 4 is 10.7 Å². The van der Waals surface area contributed by atoms with Crippen LogP contribution >= 0.6 is 0 Å². The Hall–Kier alpha value is -0.490. The molecule has 0 aliphatic heterocycles. The number of hydrogen-bond donors (Lipinski definition) is 1. The smallest absolute Gasteiger partial charge is 0.141 e. The molecule has 0 aromatic rings. The van der Waals surface area contributed by atoms with Gasteiger partial charge in [0.05, 0.1) is 5.75 Å². The zero-order chi connectivity index (χ0) is 5.70. The Labute approximate surface area is 44.5 Å². The second kappa shape index (κ2) is 3.69. The Bertz CT molecular complexity index is 132. The van der Waals surface area contributed by atoms with Crippen LogP contribution in [0.4, 0.5) is 0 Å². The van der Waals surface area contributed by atoms with Crippen LogP contribution in [0.15, 0.2) is 0 Å². The summed E-state index contributed by atoms with van der Waals surface area (Å²) in [7, 11) is -2.25. The van der Waals surface area contributed by atoms with Gasteiger partial charge in [-0.1, -0.05) is 0 Å². The zero-order valence-corrected chi connectivity index (χ0v) is 4.65. The highest BCUT2D eigenvalue weighted by Gasteiger charge is 1.78. The van der Waals surface area contributed by atoms with E-state index in [1.54, 1.807) is 0 Å². The summed E-state index contributed by atoms with van der Waals surface area (Å²) in [5.74, 6) is 2.33. The van der Waals surface area contributed by atoms with Crippen LogP contribution in [0.5, 0.6) is 0 Å². The summed E-state index contributed by atoms with van der Waals surface area (Å²) < 4.78 is 19.4. The molecule has 0 bridgehead atoms. The highest BCUT2D eigenvalue weighted by molar-refractivity contribution is 7.72. The van der Waals surface area contributed by atoms with E-state index in [2.05, 4.69) is 5.92 Å². The van der Waals surface area contributed by atoms with Crippen molar-refractivity contribution in [1.82, 2.24) is 0 Å². The summed E-state index contributed by atoms with van der Waals surface area (Å²) >= 11 is 0. The minimum atomic E-state index is -2.25. The molecule has 0 aliphatic carbocycles. The highest BCUT2D eigenvalue weighted by atomic mass is 32.2. The molecule has 2 nitrogen and oxygen atoms in total. The van der Waals surface area contributed by atoms with Crippen molar-refractivity contribution in [2.75, 3.05) is 5.75 Å². The molecular formula is C4H6O2S. The van der Waals surface area contributed by atoms with Crippen molar-refractivity contribution in [3.05, 3.63) is 0 Å². The third kappa shape index (κ3) is 5.51. The third-order valence-corrected chi connectivity index (χ3v) is 1.03. The van der Waals surface area contributed by atoms with Crippen molar-refractivity contribution < 1.29 is 8.42 Å². The Morgan fingerprint density at radius 1 is 1.57 bits per heavy atom. The van der Waals surface area contributed by atoms with Crippen LogP contribution in [0.3, 0.4) is 0 Å². The van der Waals surface area contributed by atoms with Gasteiger partial charge in [-0.3, -0.25) is 0 Å². The second-order valence-corrected chi connectivity index (χ2v) is 2.12. The standard InChI is InChI=1S/C4H6O2S/c1-2-3-4-7(5)6/h1,7H,3-4H2. The molecule has 3 heteroatoms. The molecule has 0 aromatic carbocycles. The van der Waals surface area contributed by atoms with E-state index in [0.717, 1.165) is 0 Å². The lowest BCUT2D eigenvalue weighted by molar-refractivity contribution is 0.614. The molecule has 0 aliphatic rings. The largest absolute Gasteiger partial charge is 0.232 e. The van der Waals surface area contributed by atoms with Gasteiger partial charge in [-0.25, -0.2) is 8.42 Å². The number of rotatable bonds is 2. The lowest BCUT2D eigenvalue weighted by Crippen LogP contribution is -1.82. The van der Waals surface area contributed by atoms with Gasteiger partial charge in [-0.15, -0.1) is 12.3 Å². The maximum atomic E-state index is 9.70. The highest BCUT2D eigenvalue weighted by Crippen LogP contribution is 1.72. The summed E-state index contributed by atoms with van der Waals surface area (Å²) in [5, 5.41) is 0. The molecule has 0 spiro atoms. The van der Waals surface area contributed by atoms with E-state index in [1.165, 1.54) is 0 Å². The van der Waals surface area contributed by atoms with Crippen LogP contribution in [-0.2, 0) is 10.7 Å². The van der Waals surface area contributed by atoms with Gasteiger partial charge in [0.25, 0.3) is 0 Å². The van der Waals surface area contributed by atoms with E-state index in [1.807, 2.05) is 0 Å². The average Bonchev–Trinajstić information content (AvgIpc) is 1.61. The molecule has 0 unspecified atom stereocenters. The van der Waals surface area contributed by atoms with Gasteiger partial charge in [0.15, 0.2) is 0 Å². The maximum absolute atomic E-state index is 9.70. The Balaban J connectivity index is 3.20. The van der Waals surface area contributed by atoms with E-state index in [4.69, 9.17) is 6.42 Å². The fraction of sp³-hybridized carbons (Fsp3) is 0.500. The SMILES string of the molecule is C#CCC[SH](=O)=O. The van der Waals surface area contributed by atoms with Crippen LogP contribution in [0.2, 0.25) is 0 Å². The molecule has 0 fully saturated rings. The fourth-order valence-corrected chi connectivity index (χ4v) is 0.468. The van der Waals surface area contributed by atoms with Crippen LogP contribution in [0.1, 0.15) is 6.42 Å². The van der Waals surface area contributed by atoms with E-state index in [9.17, 15) is 8.42 Å². The summed E-state index contributed by atoms with van der Waals surface area (Å²) in [5.41, 5.74) is 0. The van der Waals surface area contributed by atoms with Gasteiger partial charge in [0.1, 0.15) is 10.7 Å². The predicted octanol–water partition coefficient (Wildman–Crippen LogP) is -0.379. The van der Waals surface area contributed by atoms with Crippen LogP contribution in [-0.4, -0.2) is 14.2 Å². The van der Waals surface area contributed by atoms with E-state index < -0.39 is 10.7 Å². The second-order valence-electron chi connectivity index (χ2n) is 1.01. The van der Waals surface area contributed by atoms with Crippen LogP contribution in [0, 0.1) is 12.3 Å². The molecule has 0 N–H and O–H groups in total. The molecule has 7 heavy (non-hydrogen) atoms. The number of terminal acetylenes is 1. The molecule has 40 valence electrons. The van der Waals surface area contributed by atoms with Gasteiger partial charge in [0, 0.05) is 6.42 Å². The number of hydrogen-bond acceptors (Lipinski definition) is 2. The first-order chi connectivity index (χ1) is 3.27. The molecule has 0 heterocycles. The Morgan fingerprint density at radius 3 is 2.29 bits per heavy atom. The molecular weight excluding hydrogens is 112 g/mol. The summed E-state index contributed by atoms with van der Waals surface area (Å²) in [6, 6.07) is 0. The first-order valence-corrected chi connectivity index (χ1v) is 3.19. The monoisotopic (exact) mass is 118 g/mol. The summed E-state index contributed by atoms with van der Waals surface area (Å²) in [6.45, 7) is 0. The quantitative estimate of drug-likeness (QED) is 0.396. The first-order valence-electron chi connectivity index (χ1n) is 1.82. The van der Waals surface area contributed by atoms with Gasteiger partial charge in [0.2, 0.25) is 0 Å². The molecule has 0 saturated carbocycles. The van der Waals surface area contributed by atoms with Crippen LogP contribution < -0.4 is 0 Å². The summed E-state index contributed by atoms with van der Waals surface area (Å²) in [6.07, 6.45) is 5.09. The lowest BCUT2D eigenvalue weighted by Gasteiger charge is -1.73. The number of thiol groups is 1. The maximum Gasteiger partial charge on any atom is 0.141 e. The molecule has 0 saturated heterocycles. The molecule has 0 rings (SSSR count). The first kappa shape index (κ1) is 6.51. The van der Waals surface area contributed by atoms with Crippen molar-refractivity contribution in [3.63, 3.8) is 0 Å². The van der Waals surface area contributed by atoms with Gasteiger partial charge in [-0.05, 0) is 0 Å². The van der Waals surface area contributed by atoms with Crippen molar-refractivity contribution in [2.24, 2.45) is 0 Å². The molecule has 0 radical (unpaired) electrons. The zero-order valence-electron chi connectivity index (χ0n) is 3.76. The topological polar surface area (TPSA) is 34.1 Å². The van der Waals surface area contributed by atoms with Gasteiger partial charge >= 0.3 is 0 Å². The van der Waals surface area contributed by atoms with E-state index >= 15 is 0 Å². The third-order valence-electron chi connectivity index (χ3n) is 0.439. The average molecular weight is 118 g/mol. The molecule has 0 atom stereocenters. The van der Waals surface area contributed by atoms with E-state index in [-0.39, 0.29) is 5.75 Å². The fourth-order valence-electron chi connectivity index (χ4n) is 0.156. The Kier molecular flexibility index (Phi) is 3.43. The minimum Gasteiger partial charge on any atom is -0.232 e.